The van der Waals surface area contributed by atoms with Crippen molar-refractivity contribution in [1.29, 1.82) is 0 Å². The molecule has 108 valence electrons. The predicted molar refractivity (Wildman–Crippen MR) is 75.2 cm³/mol. The van der Waals surface area contributed by atoms with E-state index in [1.165, 1.54) is 0 Å². The van der Waals surface area contributed by atoms with Crippen LogP contribution in [-0.2, 0) is 16.1 Å². The quantitative estimate of drug-likeness (QED) is 0.873. The van der Waals surface area contributed by atoms with Crippen molar-refractivity contribution in [3.8, 4) is 5.75 Å². The molecule has 0 bridgehead atoms. The Kier molecular flexibility index (Phi) is 4.98. The van der Waals surface area contributed by atoms with E-state index in [4.69, 9.17) is 4.74 Å². The van der Waals surface area contributed by atoms with Crippen LogP contribution in [-0.4, -0.2) is 25.0 Å². The number of benzene rings is 1. The van der Waals surface area contributed by atoms with E-state index >= 15 is 0 Å². The number of amides is 2. The van der Waals surface area contributed by atoms with E-state index in [1.54, 1.807) is 7.11 Å². The molecule has 20 heavy (non-hydrogen) atoms. The van der Waals surface area contributed by atoms with Gasteiger partial charge in [-0.05, 0) is 18.9 Å². The molecule has 1 aliphatic heterocycles. The maximum Gasteiger partial charge on any atom is 0.242 e. The predicted octanol–water partition coefficient (Wildman–Crippen LogP) is 1.37. The van der Waals surface area contributed by atoms with Crippen LogP contribution in [0.5, 0.6) is 5.75 Å². The molecule has 1 unspecified atom stereocenters. The Morgan fingerprint density at radius 3 is 3.00 bits per heavy atom. The monoisotopic (exact) mass is 276 g/mol. The van der Waals surface area contributed by atoms with Crippen molar-refractivity contribution in [2.45, 2.75) is 38.3 Å². The fourth-order valence-electron chi connectivity index (χ4n) is 2.32. The summed E-state index contributed by atoms with van der Waals surface area (Å²) in [5.41, 5.74) is 0.920. The summed E-state index contributed by atoms with van der Waals surface area (Å²) in [6.07, 6.45) is 2.95. The van der Waals surface area contributed by atoms with Crippen molar-refractivity contribution in [3.05, 3.63) is 29.8 Å². The Labute approximate surface area is 118 Å². The second-order valence-corrected chi connectivity index (χ2v) is 4.90. The van der Waals surface area contributed by atoms with Gasteiger partial charge in [-0.2, -0.15) is 0 Å². The maximum atomic E-state index is 12.1. The summed E-state index contributed by atoms with van der Waals surface area (Å²) in [6.45, 7) is 0.398. The molecule has 0 radical (unpaired) electrons. The fraction of sp³-hybridized carbons (Fsp3) is 0.467. The third-order valence-corrected chi connectivity index (χ3v) is 3.44. The molecular weight excluding hydrogens is 256 g/mol. The molecule has 1 saturated heterocycles. The van der Waals surface area contributed by atoms with Gasteiger partial charge in [-0.1, -0.05) is 24.6 Å². The van der Waals surface area contributed by atoms with E-state index in [1.807, 2.05) is 24.3 Å². The zero-order chi connectivity index (χ0) is 14.4. The number of hydrogen-bond acceptors (Lipinski definition) is 3. The van der Waals surface area contributed by atoms with E-state index in [-0.39, 0.29) is 11.8 Å². The molecule has 1 aliphatic rings. The van der Waals surface area contributed by atoms with Crippen LogP contribution in [0.3, 0.4) is 0 Å². The van der Waals surface area contributed by atoms with Crippen LogP contribution in [0.25, 0.3) is 0 Å². The highest BCUT2D eigenvalue weighted by atomic mass is 16.5. The van der Waals surface area contributed by atoms with Gasteiger partial charge in [-0.25, -0.2) is 0 Å². The van der Waals surface area contributed by atoms with E-state index < -0.39 is 6.04 Å². The number of rotatable bonds is 4. The van der Waals surface area contributed by atoms with E-state index in [0.29, 0.717) is 19.4 Å². The topological polar surface area (TPSA) is 67.4 Å². The van der Waals surface area contributed by atoms with Crippen LogP contribution < -0.4 is 15.4 Å². The van der Waals surface area contributed by atoms with Crippen molar-refractivity contribution in [2.75, 3.05) is 7.11 Å². The average Bonchev–Trinajstić information content (AvgIpc) is 2.69. The van der Waals surface area contributed by atoms with Gasteiger partial charge in [0.2, 0.25) is 11.8 Å². The molecule has 0 spiro atoms. The number of hydrogen-bond donors (Lipinski definition) is 2. The van der Waals surface area contributed by atoms with E-state index in [0.717, 1.165) is 24.2 Å². The highest BCUT2D eigenvalue weighted by molar-refractivity contribution is 5.87. The van der Waals surface area contributed by atoms with Crippen molar-refractivity contribution in [1.82, 2.24) is 10.6 Å². The minimum atomic E-state index is -0.417. The number of nitrogens with one attached hydrogen (secondary N) is 2. The highest BCUT2D eigenvalue weighted by Gasteiger charge is 2.22. The average molecular weight is 276 g/mol. The lowest BCUT2D eigenvalue weighted by atomic mass is 10.1. The van der Waals surface area contributed by atoms with Crippen LogP contribution in [0.1, 0.15) is 31.2 Å². The third kappa shape index (κ3) is 3.73. The Morgan fingerprint density at radius 1 is 1.40 bits per heavy atom. The molecule has 0 aromatic heterocycles. The zero-order valence-electron chi connectivity index (χ0n) is 11.6. The van der Waals surface area contributed by atoms with Gasteiger partial charge in [0.15, 0.2) is 0 Å². The standard InChI is InChI=1S/C15H20N2O3/c1-20-13-8-4-2-6-11(13)10-16-15(19)12-7-3-5-9-14(18)17-12/h2,4,6,8,12H,3,5,7,9-10H2,1H3,(H,16,19)(H,17,18). The number of carbonyl (C=O) groups excluding carboxylic acids is 2. The van der Waals surface area contributed by atoms with Gasteiger partial charge in [-0.15, -0.1) is 0 Å². The molecule has 2 N–H and O–H groups in total. The minimum absolute atomic E-state index is 0.0417. The van der Waals surface area contributed by atoms with Gasteiger partial charge in [0.05, 0.1) is 7.11 Å². The van der Waals surface area contributed by atoms with Crippen molar-refractivity contribution in [2.24, 2.45) is 0 Å². The molecule has 5 heteroatoms. The summed E-state index contributed by atoms with van der Waals surface area (Å²) < 4.78 is 5.24. The molecule has 0 aliphatic carbocycles. The van der Waals surface area contributed by atoms with Gasteiger partial charge in [0.25, 0.3) is 0 Å². The smallest absolute Gasteiger partial charge is 0.242 e. The minimum Gasteiger partial charge on any atom is -0.496 e. The normalized spacial score (nSPS) is 18.9. The number of ether oxygens (including phenoxy) is 1. The molecule has 0 saturated carbocycles. The van der Waals surface area contributed by atoms with Gasteiger partial charge in [0.1, 0.15) is 11.8 Å². The SMILES string of the molecule is COc1ccccc1CNC(=O)C1CCCCC(=O)N1. The number of carbonyl (C=O) groups is 2. The van der Waals surface area contributed by atoms with Crippen molar-refractivity contribution >= 4 is 11.8 Å². The first-order chi connectivity index (χ1) is 9.70. The fourth-order valence-corrected chi connectivity index (χ4v) is 2.32. The molecule has 1 heterocycles. The first-order valence-electron chi connectivity index (χ1n) is 6.89. The molecule has 1 aromatic carbocycles. The first-order valence-corrected chi connectivity index (χ1v) is 6.89. The molecule has 5 nitrogen and oxygen atoms in total. The Bertz CT molecular complexity index is 488. The van der Waals surface area contributed by atoms with Gasteiger partial charge < -0.3 is 15.4 Å². The van der Waals surface area contributed by atoms with Crippen molar-refractivity contribution < 1.29 is 14.3 Å². The Balaban J connectivity index is 1.92. The maximum absolute atomic E-state index is 12.1. The summed E-state index contributed by atoms with van der Waals surface area (Å²) >= 11 is 0. The summed E-state index contributed by atoms with van der Waals surface area (Å²) in [5, 5.41) is 5.62. The summed E-state index contributed by atoms with van der Waals surface area (Å²) in [7, 11) is 1.60. The van der Waals surface area contributed by atoms with Gasteiger partial charge in [-0.3, -0.25) is 9.59 Å². The second-order valence-electron chi connectivity index (χ2n) is 4.90. The number of para-hydroxylation sites is 1. The van der Waals surface area contributed by atoms with Crippen LogP contribution in [0.15, 0.2) is 24.3 Å². The van der Waals surface area contributed by atoms with Crippen LogP contribution in [0.4, 0.5) is 0 Å². The van der Waals surface area contributed by atoms with Crippen LogP contribution >= 0.6 is 0 Å². The molecule has 1 fully saturated rings. The lowest BCUT2D eigenvalue weighted by molar-refractivity contribution is -0.128. The molecule has 1 atom stereocenters. The molecule has 2 rings (SSSR count). The Morgan fingerprint density at radius 2 is 2.20 bits per heavy atom. The Hall–Kier alpha value is -2.04. The lowest BCUT2D eigenvalue weighted by Crippen LogP contribution is -2.45. The largest absolute Gasteiger partial charge is 0.496 e. The molecule has 1 aromatic rings. The van der Waals surface area contributed by atoms with Gasteiger partial charge >= 0.3 is 0 Å². The van der Waals surface area contributed by atoms with E-state index in [9.17, 15) is 9.59 Å². The zero-order valence-corrected chi connectivity index (χ0v) is 11.6. The first kappa shape index (κ1) is 14.4. The molecule has 2 amide bonds. The van der Waals surface area contributed by atoms with E-state index in [2.05, 4.69) is 10.6 Å². The van der Waals surface area contributed by atoms with Crippen molar-refractivity contribution in [3.63, 3.8) is 0 Å². The van der Waals surface area contributed by atoms with Gasteiger partial charge in [0, 0.05) is 18.5 Å². The highest BCUT2D eigenvalue weighted by Crippen LogP contribution is 2.17. The summed E-state index contributed by atoms with van der Waals surface area (Å²) in [6, 6.07) is 7.13. The lowest BCUT2D eigenvalue weighted by Gasteiger charge is -2.16. The molecular formula is C15H20N2O3. The number of methoxy groups -OCH3 is 1. The third-order valence-electron chi connectivity index (χ3n) is 3.44. The van der Waals surface area contributed by atoms with Crippen LogP contribution in [0, 0.1) is 0 Å². The summed E-state index contributed by atoms with van der Waals surface area (Å²) in [5.74, 6) is 0.573. The summed E-state index contributed by atoms with van der Waals surface area (Å²) in [4.78, 5) is 23.6. The second kappa shape index (κ2) is 6.93. The van der Waals surface area contributed by atoms with Crippen LogP contribution in [0.2, 0.25) is 0 Å².